The number of rotatable bonds is 3. The van der Waals surface area contributed by atoms with Gasteiger partial charge in [-0.25, -0.2) is 9.48 Å². The molecule has 1 aromatic carbocycles. The lowest BCUT2D eigenvalue weighted by molar-refractivity contribution is -0.384. The highest BCUT2D eigenvalue weighted by atomic mass is 79.9. The van der Waals surface area contributed by atoms with Crippen molar-refractivity contribution in [2.75, 3.05) is 0 Å². The number of aromatic carboxylic acids is 1. The first-order chi connectivity index (χ1) is 9.32. The fourth-order valence-corrected chi connectivity index (χ4v) is 2.54. The third-order valence-electron chi connectivity index (χ3n) is 2.69. The molecule has 0 amide bonds. The molecule has 1 heterocycles. The number of carboxylic acids is 1. The second-order valence-electron chi connectivity index (χ2n) is 4.11. The minimum Gasteiger partial charge on any atom is -0.476 e. The maximum atomic E-state index is 11.2. The van der Waals surface area contributed by atoms with Crippen LogP contribution in [0.5, 0.6) is 0 Å². The van der Waals surface area contributed by atoms with E-state index in [1.54, 1.807) is 13.0 Å². The van der Waals surface area contributed by atoms with Gasteiger partial charge in [-0.3, -0.25) is 10.1 Å². The molecule has 0 fully saturated rings. The lowest BCUT2D eigenvalue weighted by Gasteiger charge is -2.08. The quantitative estimate of drug-likeness (QED) is 0.677. The molecule has 0 spiro atoms. The molecule has 8 nitrogen and oxygen atoms in total. The van der Waals surface area contributed by atoms with Crippen LogP contribution in [0.4, 0.5) is 5.69 Å². The highest BCUT2D eigenvalue weighted by Gasteiger charge is 2.24. The number of halogens is 1. The molecule has 0 unspecified atom stereocenters. The topological polar surface area (TPSA) is 111 Å². The average molecular weight is 341 g/mol. The first kappa shape index (κ1) is 14.1. The standard InChI is InChI=1S/C11H9BrN4O4/c1-5-3-7(12)10(8(4-5)16(19)20)15-6(2)9(11(17)18)13-14-15/h3-4H,1-2H3,(H,17,18). The molecule has 0 aliphatic rings. The van der Waals surface area contributed by atoms with E-state index in [1.807, 2.05) is 0 Å². The number of nitro groups is 1. The lowest BCUT2D eigenvalue weighted by Crippen LogP contribution is -2.06. The van der Waals surface area contributed by atoms with Crippen LogP contribution < -0.4 is 0 Å². The van der Waals surface area contributed by atoms with Gasteiger partial charge in [-0.1, -0.05) is 5.21 Å². The van der Waals surface area contributed by atoms with Crippen molar-refractivity contribution < 1.29 is 14.8 Å². The zero-order chi connectivity index (χ0) is 15.0. The van der Waals surface area contributed by atoms with Crippen LogP contribution in [0.3, 0.4) is 0 Å². The van der Waals surface area contributed by atoms with Crippen molar-refractivity contribution in [2.24, 2.45) is 0 Å². The summed E-state index contributed by atoms with van der Waals surface area (Å²) in [6, 6.07) is 3.07. The van der Waals surface area contributed by atoms with Gasteiger partial charge in [0.15, 0.2) is 11.4 Å². The number of aromatic nitrogens is 3. The number of carboxylic acid groups (broad SMARTS) is 1. The summed E-state index contributed by atoms with van der Waals surface area (Å²) in [4.78, 5) is 21.6. The molecule has 0 saturated heterocycles. The third-order valence-corrected chi connectivity index (χ3v) is 3.30. The van der Waals surface area contributed by atoms with Crippen LogP contribution in [0.25, 0.3) is 5.69 Å². The molecular weight excluding hydrogens is 332 g/mol. The van der Waals surface area contributed by atoms with E-state index in [-0.39, 0.29) is 22.8 Å². The van der Waals surface area contributed by atoms with E-state index in [0.717, 1.165) is 4.68 Å². The molecule has 1 aromatic heterocycles. The molecule has 2 rings (SSSR count). The van der Waals surface area contributed by atoms with E-state index >= 15 is 0 Å². The van der Waals surface area contributed by atoms with E-state index in [2.05, 4.69) is 26.2 Å². The number of hydrogen-bond donors (Lipinski definition) is 1. The summed E-state index contributed by atoms with van der Waals surface area (Å²) in [5, 5.41) is 27.3. The summed E-state index contributed by atoms with van der Waals surface area (Å²) in [6.45, 7) is 3.21. The second kappa shape index (κ2) is 5.00. The van der Waals surface area contributed by atoms with Crippen molar-refractivity contribution in [3.8, 4) is 5.69 Å². The normalized spacial score (nSPS) is 10.6. The molecular formula is C11H9BrN4O4. The predicted octanol–water partition coefficient (Wildman–Crippen LogP) is 2.25. The fourth-order valence-electron chi connectivity index (χ4n) is 1.80. The van der Waals surface area contributed by atoms with Crippen molar-refractivity contribution in [2.45, 2.75) is 13.8 Å². The maximum absolute atomic E-state index is 11.2. The number of benzene rings is 1. The first-order valence-electron chi connectivity index (χ1n) is 5.43. The highest BCUT2D eigenvalue weighted by Crippen LogP contribution is 2.32. The van der Waals surface area contributed by atoms with E-state index in [1.165, 1.54) is 13.0 Å². The minimum absolute atomic E-state index is 0.151. The van der Waals surface area contributed by atoms with Crippen LogP contribution in [0.2, 0.25) is 0 Å². The van der Waals surface area contributed by atoms with Gasteiger partial charge in [-0.05, 0) is 41.4 Å². The van der Waals surface area contributed by atoms with Crippen LogP contribution in [0.15, 0.2) is 16.6 Å². The van der Waals surface area contributed by atoms with Gasteiger partial charge in [0.25, 0.3) is 5.69 Å². The average Bonchev–Trinajstić information content (AvgIpc) is 2.70. The zero-order valence-corrected chi connectivity index (χ0v) is 12.1. The summed E-state index contributed by atoms with van der Waals surface area (Å²) < 4.78 is 1.58. The Morgan fingerprint density at radius 3 is 2.60 bits per heavy atom. The SMILES string of the molecule is Cc1cc(Br)c(-n2nnc(C(=O)O)c2C)c([N+](=O)[O-])c1. The molecule has 2 aromatic rings. The molecule has 1 N–H and O–H groups in total. The van der Waals surface area contributed by atoms with Crippen molar-refractivity contribution in [3.63, 3.8) is 0 Å². The van der Waals surface area contributed by atoms with Crippen molar-refractivity contribution >= 4 is 27.6 Å². The Bertz CT molecular complexity index is 725. The smallest absolute Gasteiger partial charge is 0.358 e. The Labute approximate surface area is 121 Å². The van der Waals surface area contributed by atoms with Crippen molar-refractivity contribution in [3.05, 3.63) is 43.7 Å². The summed E-state index contributed by atoms with van der Waals surface area (Å²) in [7, 11) is 0. The Morgan fingerprint density at radius 1 is 1.45 bits per heavy atom. The number of hydrogen-bond acceptors (Lipinski definition) is 5. The van der Waals surface area contributed by atoms with E-state index in [0.29, 0.717) is 10.0 Å². The highest BCUT2D eigenvalue weighted by molar-refractivity contribution is 9.10. The number of nitrogens with zero attached hydrogens (tertiary/aromatic N) is 4. The van der Waals surface area contributed by atoms with Gasteiger partial charge >= 0.3 is 5.97 Å². The molecule has 0 bridgehead atoms. The van der Waals surface area contributed by atoms with Crippen molar-refractivity contribution in [1.29, 1.82) is 0 Å². The number of aryl methyl sites for hydroxylation is 1. The van der Waals surface area contributed by atoms with E-state index < -0.39 is 10.9 Å². The van der Waals surface area contributed by atoms with Gasteiger partial charge in [-0.15, -0.1) is 5.10 Å². The van der Waals surface area contributed by atoms with Gasteiger partial charge < -0.3 is 5.11 Å². The van der Waals surface area contributed by atoms with Crippen LogP contribution in [-0.2, 0) is 0 Å². The zero-order valence-electron chi connectivity index (χ0n) is 10.5. The summed E-state index contributed by atoms with van der Waals surface area (Å²) >= 11 is 3.24. The maximum Gasteiger partial charge on any atom is 0.358 e. The Balaban J connectivity index is 2.76. The van der Waals surface area contributed by atoms with Gasteiger partial charge in [0.05, 0.1) is 15.1 Å². The Hall–Kier alpha value is -2.29. The molecule has 104 valence electrons. The number of nitro benzene ring substituents is 1. The molecule has 20 heavy (non-hydrogen) atoms. The minimum atomic E-state index is -1.24. The fraction of sp³-hybridized carbons (Fsp3) is 0.182. The predicted molar refractivity (Wildman–Crippen MR) is 72.1 cm³/mol. The molecule has 0 saturated carbocycles. The molecule has 0 aliphatic carbocycles. The molecule has 0 aliphatic heterocycles. The van der Waals surface area contributed by atoms with E-state index in [4.69, 9.17) is 5.11 Å². The number of carbonyl (C=O) groups is 1. The first-order valence-corrected chi connectivity index (χ1v) is 6.22. The van der Waals surface area contributed by atoms with Gasteiger partial charge in [0.2, 0.25) is 0 Å². The Morgan fingerprint density at radius 2 is 2.10 bits per heavy atom. The van der Waals surface area contributed by atoms with Crippen LogP contribution in [-0.4, -0.2) is 31.0 Å². The molecule has 9 heteroatoms. The third kappa shape index (κ3) is 2.27. The lowest BCUT2D eigenvalue weighted by atomic mass is 10.2. The molecule has 0 radical (unpaired) electrons. The van der Waals surface area contributed by atoms with Crippen LogP contribution >= 0.6 is 15.9 Å². The largest absolute Gasteiger partial charge is 0.476 e. The summed E-state index contributed by atoms with van der Waals surface area (Å²) in [6.07, 6.45) is 0. The van der Waals surface area contributed by atoms with Gasteiger partial charge in [-0.2, -0.15) is 0 Å². The monoisotopic (exact) mass is 340 g/mol. The van der Waals surface area contributed by atoms with Crippen molar-refractivity contribution in [1.82, 2.24) is 15.0 Å². The second-order valence-corrected chi connectivity index (χ2v) is 4.97. The summed E-state index contributed by atoms with van der Waals surface area (Å²) in [5.74, 6) is -1.24. The summed E-state index contributed by atoms with van der Waals surface area (Å²) in [5.41, 5.74) is 0.639. The van der Waals surface area contributed by atoms with Crippen LogP contribution in [0.1, 0.15) is 21.7 Å². The van der Waals surface area contributed by atoms with Crippen LogP contribution in [0, 0.1) is 24.0 Å². The Kier molecular flexibility index (Phi) is 3.53. The molecule has 0 atom stereocenters. The van der Waals surface area contributed by atoms with Gasteiger partial charge in [0, 0.05) is 6.07 Å². The van der Waals surface area contributed by atoms with Gasteiger partial charge in [0.1, 0.15) is 0 Å². The van der Waals surface area contributed by atoms with E-state index in [9.17, 15) is 14.9 Å².